The van der Waals surface area contributed by atoms with Crippen molar-refractivity contribution in [1.82, 2.24) is 0 Å². The fourth-order valence-electron chi connectivity index (χ4n) is 0.554. The summed E-state index contributed by atoms with van der Waals surface area (Å²) in [6.45, 7) is 2.08. The van der Waals surface area contributed by atoms with Crippen molar-refractivity contribution in [3.63, 3.8) is 0 Å². The molecule has 90 valence electrons. The van der Waals surface area contributed by atoms with Crippen LogP contribution in [-0.4, -0.2) is 0 Å². The van der Waals surface area contributed by atoms with E-state index in [1.54, 1.807) is 0 Å². The molecule has 0 radical (unpaired) electrons. The van der Waals surface area contributed by atoms with E-state index in [0.29, 0.717) is 0 Å². The summed E-state index contributed by atoms with van der Waals surface area (Å²) < 4.78 is 59.2. The standard InChI is InChI=1S/C7H8S.F6P/c1-6-2-4-7(8)5-3-6;1-7(2,3,4,5)6/h2-5,8H,1H3;/q;-1/p+1. The number of halogens is 6. The molecule has 15 heavy (non-hydrogen) atoms. The zero-order valence-electron chi connectivity index (χ0n) is 7.52. The quantitative estimate of drug-likeness (QED) is 0.362. The zero-order valence-corrected chi connectivity index (χ0v) is 9.42. The Morgan fingerprint density at radius 1 is 0.867 bits per heavy atom. The average molecular weight is 270 g/mol. The van der Waals surface area contributed by atoms with Crippen molar-refractivity contribution in [3.8, 4) is 0 Å². The van der Waals surface area contributed by atoms with Crippen LogP contribution in [0.4, 0.5) is 25.2 Å². The van der Waals surface area contributed by atoms with Crippen LogP contribution in [-0.2, 0) is 12.6 Å². The van der Waals surface area contributed by atoms with Crippen LogP contribution in [0.2, 0.25) is 0 Å². The van der Waals surface area contributed by atoms with Gasteiger partial charge in [-0.25, -0.2) is 0 Å². The second-order valence-electron chi connectivity index (χ2n) is 2.82. The van der Waals surface area contributed by atoms with Crippen molar-refractivity contribution in [2.24, 2.45) is 0 Å². The Bertz CT molecular complexity index is 293. The molecule has 0 aliphatic heterocycles. The first-order chi connectivity index (χ1) is 6.24. The molecule has 0 saturated carbocycles. The molecule has 0 amide bonds. The summed E-state index contributed by atoms with van der Waals surface area (Å²) in [6, 6.07) is 8.21. The molecule has 0 aliphatic carbocycles. The zero-order chi connectivity index (χ0) is 12.4. The molecule has 0 nitrogen and oxygen atoms in total. The predicted molar refractivity (Wildman–Crippen MR) is 53.2 cm³/mol. The predicted octanol–water partition coefficient (Wildman–Crippen LogP) is 4.75. The molecule has 0 N–H and O–H groups in total. The molecule has 0 bridgehead atoms. The Kier molecular flexibility index (Phi) is 3.46. The van der Waals surface area contributed by atoms with Gasteiger partial charge in [0.1, 0.15) is 4.90 Å². The summed E-state index contributed by atoms with van der Waals surface area (Å²) in [4.78, 5) is 1.13. The van der Waals surface area contributed by atoms with E-state index >= 15 is 0 Å². The number of rotatable bonds is 0. The Hall–Kier alpha value is -0.420. The Balaban J connectivity index is 0.000000265. The van der Waals surface area contributed by atoms with Gasteiger partial charge in [0.25, 0.3) is 0 Å². The molecular formula is C7H9F6PS. The van der Waals surface area contributed by atoms with E-state index in [1.807, 2.05) is 12.1 Å². The first-order valence-electron chi connectivity index (χ1n) is 3.59. The summed E-state index contributed by atoms with van der Waals surface area (Å²) in [5.41, 5.74) is 1.30. The van der Waals surface area contributed by atoms with Gasteiger partial charge in [0.05, 0.1) is 0 Å². The van der Waals surface area contributed by atoms with E-state index in [4.69, 9.17) is 0 Å². The first-order valence-corrected chi connectivity index (χ1v) is 6.11. The van der Waals surface area contributed by atoms with Crippen LogP contribution >= 0.6 is 7.81 Å². The normalized spacial score (nSPS) is 15.7. The van der Waals surface area contributed by atoms with Gasteiger partial charge in [-0.15, -0.1) is 0 Å². The number of aryl methyl sites for hydroxylation is 1. The van der Waals surface area contributed by atoms with E-state index in [9.17, 15) is 25.2 Å². The van der Waals surface area contributed by atoms with Crippen LogP contribution < -0.4 is 0 Å². The topological polar surface area (TPSA) is 0 Å². The van der Waals surface area contributed by atoms with Gasteiger partial charge in [0.15, 0.2) is 0 Å². The third kappa shape index (κ3) is 19.8. The van der Waals surface area contributed by atoms with Crippen LogP contribution in [0.1, 0.15) is 5.56 Å². The Morgan fingerprint density at radius 3 is 1.33 bits per heavy atom. The molecule has 8 heteroatoms. The van der Waals surface area contributed by atoms with E-state index in [2.05, 4.69) is 31.7 Å². The molecule has 0 saturated heterocycles. The van der Waals surface area contributed by atoms with Crippen molar-refractivity contribution in [2.45, 2.75) is 11.8 Å². The van der Waals surface area contributed by atoms with Crippen molar-refractivity contribution < 1.29 is 25.2 Å². The van der Waals surface area contributed by atoms with Gasteiger partial charge in [-0.2, -0.15) is 0 Å². The fraction of sp³-hybridized carbons (Fsp3) is 0.143. The summed E-state index contributed by atoms with van der Waals surface area (Å²) in [6.07, 6.45) is 0. The average Bonchev–Trinajstić information content (AvgIpc) is 1.88. The van der Waals surface area contributed by atoms with E-state index in [-0.39, 0.29) is 0 Å². The molecule has 1 aromatic carbocycles. The third-order valence-electron chi connectivity index (χ3n) is 1.05. The molecule has 0 heterocycles. The van der Waals surface area contributed by atoms with Crippen LogP contribution in [0, 0.1) is 6.92 Å². The molecule has 0 aromatic heterocycles. The first kappa shape index (κ1) is 14.6. The van der Waals surface area contributed by atoms with Crippen LogP contribution in [0.25, 0.3) is 0 Å². The Labute approximate surface area is 87.9 Å². The monoisotopic (exact) mass is 270 g/mol. The van der Waals surface area contributed by atoms with Crippen LogP contribution in [0.15, 0.2) is 29.2 Å². The number of hydrogen-bond acceptors (Lipinski definition) is 0. The SMILES string of the molecule is Cc1ccc([SH2+])cc1.F[P-](F)(F)(F)(F)F. The summed E-state index contributed by atoms with van der Waals surface area (Å²) >= 11 is 3.39. The van der Waals surface area contributed by atoms with Crippen LogP contribution in [0.3, 0.4) is 0 Å². The minimum absolute atomic E-state index is 1.13. The van der Waals surface area contributed by atoms with Gasteiger partial charge >= 0.3 is 33.0 Å². The molecular weight excluding hydrogens is 261 g/mol. The number of hydrogen-bond donors (Lipinski definition) is 0. The maximum absolute atomic E-state index is 10.7. The van der Waals surface area contributed by atoms with Crippen molar-refractivity contribution in [2.75, 3.05) is 0 Å². The van der Waals surface area contributed by atoms with Gasteiger partial charge in [0, 0.05) is 0 Å². The van der Waals surface area contributed by atoms with Gasteiger partial charge in [-0.3, -0.25) is 0 Å². The molecule has 0 atom stereocenters. The van der Waals surface area contributed by atoms with Gasteiger partial charge < -0.3 is 0 Å². The van der Waals surface area contributed by atoms with Crippen molar-refractivity contribution in [3.05, 3.63) is 29.8 Å². The molecule has 0 fully saturated rings. The van der Waals surface area contributed by atoms with Crippen molar-refractivity contribution >= 4 is 20.4 Å². The van der Waals surface area contributed by atoms with E-state index < -0.39 is 7.81 Å². The fourth-order valence-corrected chi connectivity index (χ4v) is 0.720. The second-order valence-corrected chi connectivity index (χ2v) is 5.32. The molecule has 0 spiro atoms. The summed E-state index contributed by atoms with van der Waals surface area (Å²) in [5, 5.41) is 0. The summed E-state index contributed by atoms with van der Waals surface area (Å²) in [5.74, 6) is 0. The minimum atomic E-state index is -10.7. The van der Waals surface area contributed by atoms with E-state index in [0.717, 1.165) is 4.90 Å². The van der Waals surface area contributed by atoms with Gasteiger partial charge in [-0.05, 0) is 31.7 Å². The molecule has 1 aromatic rings. The second kappa shape index (κ2) is 3.56. The van der Waals surface area contributed by atoms with E-state index in [1.165, 1.54) is 5.56 Å². The third-order valence-corrected chi connectivity index (χ3v) is 1.38. The number of benzene rings is 1. The molecule has 1 rings (SSSR count). The molecule has 0 aliphatic rings. The van der Waals surface area contributed by atoms with Gasteiger partial charge in [-0.1, -0.05) is 17.7 Å². The molecule has 0 unspecified atom stereocenters. The summed E-state index contributed by atoms with van der Waals surface area (Å²) in [7, 11) is -10.7. The maximum atomic E-state index is 9.87. The van der Waals surface area contributed by atoms with Gasteiger partial charge in [0.2, 0.25) is 0 Å². The van der Waals surface area contributed by atoms with Crippen molar-refractivity contribution in [1.29, 1.82) is 0 Å². The Morgan fingerprint density at radius 2 is 1.13 bits per heavy atom. The van der Waals surface area contributed by atoms with Crippen LogP contribution in [0.5, 0.6) is 0 Å².